The first-order chi connectivity index (χ1) is 10.6. The first kappa shape index (κ1) is 16.5. The Balaban J connectivity index is 1.81. The van der Waals surface area contributed by atoms with Crippen LogP contribution in [0.5, 0.6) is 0 Å². The summed E-state index contributed by atoms with van der Waals surface area (Å²) in [4.78, 5) is 17.3. The molecule has 0 saturated carbocycles. The first-order valence-electron chi connectivity index (χ1n) is 7.17. The molecule has 0 bridgehead atoms. The number of methoxy groups -OCH3 is 1. The number of aryl methyl sites for hydroxylation is 1. The van der Waals surface area contributed by atoms with E-state index in [9.17, 15) is 4.79 Å². The van der Waals surface area contributed by atoms with Crippen molar-refractivity contribution in [2.24, 2.45) is 0 Å². The van der Waals surface area contributed by atoms with Gasteiger partial charge >= 0.3 is 6.03 Å². The van der Waals surface area contributed by atoms with E-state index in [0.29, 0.717) is 6.54 Å². The van der Waals surface area contributed by atoms with Gasteiger partial charge in [0, 0.05) is 36.8 Å². The fourth-order valence-corrected chi connectivity index (χ4v) is 2.77. The molecule has 2 amide bonds. The largest absolute Gasteiger partial charge is 0.377 e. The molecule has 0 saturated heterocycles. The van der Waals surface area contributed by atoms with Crippen LogP contribution in [-0.4, -0.2) is 24.7 Å². The lowest BCUT2D eigenvalue weighted by molar-refractivity contribution is 0.119. The van der Waals surface area contributed by atoms with Gasteiger partial charge in [-0.3, -0.25) is 0 Å². The summed E-state index contributed by atoms with van der Waals surface area (Å²) in [6.07, 6.45) is 2.59. The standard InChI is InChI=1S/C16H21N3O2S/c1-11-10-18-15(22-11)7-8-17-16(20)19-14-6-4-5-13(9-14)12(2)21-3/h4-6,9-10,12H,7-8H2,1-3H3,(H2,17,19,20)/t12-/m0/s1. The average molecular weight is 319 g/mol. The number of aromatic nitrogens is 1. The van der Waals surface area contributed by atoms with Gasteiger partial charge in [0.15, 0.2) is 0 Å². The summed E-state index contributed by atoms with van der Waals surface area (Å²) in [7, 11) is 1.66. The number of rotatable bonds is 6. The van der Waals surface area contributed by atoms with Crippen molar-refractivity contribution in [3.8, 4) is 0 Å². The summed E-state index contributed by atoms with van der Waals surface area (Å²) in [6, 6.07) is 7.43. The molecule has 1 aromatic heterocycles. The van der Waals surface area contributed by atoms with Gasteiger partial charge in [0.05, 0.1) is 11.1 Å². The van der Waals surface area contributed by atoms with Crippen molar-refractivity contribution in [2.75, 3.05) is 19.0 Å². The van der Waals surface area contributed by atoms with Crippen molar-refractivity contribution in [3.63, 3.8) is 0 Å². The highest BCUT2D eigenvalue weighted by molar-refractivity contribution is 7.11. The summed E-state index contributed by atoms with van der Waals surface area (Å²) in [6.45, 7) is 4.55. The van der Waals surface area contributed by atoms with Crippen molar-refractivity contribution in [3.05, 3.63) is 45.9 Å². The number of anilines is 1. The molecule has 2 N–H and O–H groups in total. The van der Waals surface area contributed by atoms with Crippen LogP contribution in [0.4, 0.5) is 10.5 Å². The van der Waals surface area contributed by atoms with Crippen molar-refractivity contribution < 1.29 is 9.53 Å². The van der Waals surface area contributed by atoms with Crippen LogP contribution in [0.15, 0.2) is 30.5 Å². The van der Waals surface area contributed by atoms with Crippen LogP contribution >= 0.6 is 11.3 Å². The topological polar surface area (TPSA) is 63.2 Å². The quantitative estimate of drug-likeness (QED) is 0.856. The maximum atomic E-state index is 11.9. The number of amides is 2. The molecule has 2 aromatic rings. The zero-order chi connectivity index (χ0) is 15.9. The molecule has 0 aliphatic rings. The minimum atomic E-state index is -0.213. The number of carbonyl (C=O) groups excluding carboxylic acids is 1. The molecular formula is C16H21N3O2S. The molecule has 1 atom stereocenters. The molecule has 0 fully saturated rings. The molecule has 22 heavy (non-hydrogen) atoms. The van der Waals surface area contributed by atoms with E-state index in [4.69, 9.17) is 4.74 Å². The van der Waals surface area contributed by atoms with Gasteiger partial charge in [-0.1, -0.05) is 12.1 Å². The Morgan fingerprint density at radius 3 is 2.95 bits per heavy atom. The lowest BCUT2D eigenvalue weighted by atomic mass is 10.1. The van der Waals surface area contributed by atoms with Gasteiger partial charge in [-0.2, -0.15) is 0 Å². The van der Waals surface area contributed by atoms with E-state index in [0.717, 1.165) is 22.7 Å². The van der Waals surface area contributed by atoms with Crippen LogP contribution in [0.1, 0.15) is 28.5 Å². The minimum Gasteiger partial charge on any atom is -0.377 e. The Kier molecular flexibility index (Phi) is 5.91. The van der Waals surface area contributed by atoms with Crippen molar-refractivity contribution in [2.45, 2.75) is 26.4 Å². The summed E-state index contributed by atoms with van der Waals surface area (Å²) in [5.41, 5.74) is 1.78. The molecule has 0 aliphatic carbocycles. The highest BCUT2D eigenvalue weighted by atomic mass is 32.1. The Labute approximate surface area is 134 Å². The molecular weight excluding hydrogens is 298 g/mol. The van der Waals surface area contributed by atoms with E-state index >= 15 is 0 Å². The predicted octanol–water partition coefficient (Wildman–Crippen LogP) is 3.52. The number of benzene rings is 1. The number of thiazole rings is 1. The number of nitrogens with one attached hydrogen (secondary N) is 2. The molecule has 0 unspecified atom stereocenters. The Bertz CT molecular complexity index is 627. The third-order valence-corrected chi connectivity index (χ3v) is 4.23. The fraction of sp³-hybridized carbons (Fsp3) is 0.375. The molecule has 0 aliphatic heterocycles. The number of ether oxygens (including phenoxy) is 1. The van der Waals surface area contributed by atoms with E-state index in [1.165, 1.54) is 4.88 Å². The summed E-state index contributed by atoms with van der Waals surface area (Å²) < 4.78 is 5.28. The lowest BCUT2D eigenvalue weighted by Crippen LogP contribution is -2.30. The zero-order valence-electron chi connectivity index (χ0n) is 13.1. The fourth-order valence-electron chi connectivity index (χ4n) is 1.98. The van der Waals surface area contributed by atoms with Gasteiger partial charge in [0.1, 0.15) is 0 Å². The predicted molar refractivity (Wildman–Crippen MR) is 89.4 cm³/mol. The minimum absolute atomic E-state index is 0.00189. The summed E-state index contributed by atoms with van der Waals surface area (Å²) in [5, 5.41) is 6.70. The second-order valence-electron chi connectivity index (χ2n) is 5.00. The van der Waals surface area contributed by atoms with Gasteiger partial charge in [-0.25, -0.2) is 9.78 Å². The van der Waals surface area contributed by atoms with Crippen molar-refractivity contribution >= 4 is 23.1 Å². The Morgan fingerprint density at radius 2 is 2.27 bits per heavy atom. The van der Waals surface area contributed by atoms with Crippen LogP contribution in [0.25, 0.3) is 0 Å². The maximum Gasteiger partial charge on any atom is 0.319 e. The van der Waals surface area contributed by atoms with Crippen molar-refractivity contribution in [1.29, 1.82) is 0 Å². The summed E-state index contributed by atoms with van der Waals surface area (Å²) in [5.74, 6) is 0. The van der Waals surface area contributed by atoms with Gasteiger partial charge in [0.25, 0.3) is 0 Å². The second kappa shape index (κ2) is 7.91. The van der Waals surface area contributed by atoms with E-state index in [2.05, 4.69) is 15.6 Å². The number of carbonyl (C=O) groups is 1. The van der Waals surface area contributed by atoms with Gasteiger partial charge in [0.2, 0.25) is 0 Å². The van der Waals surface area contributed by atoms with Crippen LogP contribution in [0.2, 0.25) is 0 Å². The number of hydrogen-bond acceptors (Lipinski definition) is 4. The van der Waals surface area contributed by atoms with Gasteiger partial charge in [-0.05, 0) is 31.5 Å². The van der Waals surface area contributed by atoms with E-state index < -0.39 is 0 Å². The number of hydrogen-bond donors (Lipinski definition) is 2. The normalized spacial score (nSPS) is 12.0. The number of urea groups is 1. The molecule has 5 nitrogen and oxygen atoms in total. The van der Waals surface area contributed by atoms with E-state index in [1.807, 2.05) is 44.3 Å². The van der Waals surface area contributed by atoms with Crippen LogP contribution in [-0.2, 0) is 11.2 Å². The zero-order valence-corrected chi connectivity index (χ0v) is 13.9. The molecule has 1 heterocycles. The van der Waals surface area contributed by atoms with Gasteiger partial charge < -0.3 is 15.4 Å². The molecule has 6 heteroatoms. The van der Waals surface area contributed by atoms with Crippen molar-refractivity contribution in [1.82, 2.24) is 10.3 Å². The Hall–Kier alpha value is -1.92. The maximum absolute atomic E-state index is 11.9. The van der Waals surface area contributed by atoms with E-state index in [1.54, 1.807) is 18.4 Å². The third-order valence-electron chi connectivity index (χ3n) is 3.26. The second-order valence-corrected chi connectivity index (χ2v) is 6.32. The highest BCUT2D eigenvalue weighted by Gasteiger charge is 2.06. The highest BCUT2D eigenvalue weighted by Crippen LogP contribution is 2.19. The SMILES string of the molecule is CO[C@@H](C)c1cccc(NC(=O)NCCc2ncc(C)s2)c1. The first-order valence-corrected chi connectivity index (χ1v) is 7.99. The van der Waals surface area contributed by atoms with E-state index in [-0.39, 0.29) is 12.1 Å². The average Bonchev–Trinajstić information content (AvgIpc) is 2.92. The molecule has 2 rings (SSSR count). The smallest absolute Gasteiger partial charge is 0.319 e. The molecule has 1 aromatic carbocycles. The molecule has 118 valence electrons. The Morgan fingerprint density at radius 1 is 1.45 bits per heavy atom. The number of nitrogens with zero attached hydrogens (tertiary/aromatic N) is 1. The molecule has 0 radical (unpaired) electrons. The van der Waals surface area contributed by atoms with Crippen LogP contribution in [0, 0.1) is 6.92 Å². The van der Waals surface area contributed by atoms with Crippen LogP contribution in [0.3, 0.4) is 0 Å². The third kappa shape index (κ3) is 4.82. The molecule has 0 spiro atoms. The lowest BCUT2D eigenvalue weighted by Gasteiger charge is -2.12. The van der Waals surface area contributed by atoms with Crippen LogP contribution < -0.4 is 10.6 Å². The van der Waals surface area contributed by atoms with Gasteiger partial charge in [-0.15, -0.1) is 11.3 Å². The summed E-state index contributed by atoms with van der Waals surface area (Å²) >= 11 is 1.65. The monoisotopic (exact) mass is 319 g/mol.